The van der Waals surface area contributed by atoms with Crippen molar-refractivity contribution < 1.29 is 0 Å². The Balaban J connectivity index is 2.10. The first-order chi connectivity index (χ1) is 11.6. The molecule has 0 bridgehead atoms. The van der Waals surface area contributed by atoms with Gasteiger partial charge in [0.2, 0.25) is 0 Å². The lowest BCUT2D eigenvalue weighted by Gasteiger charge is -2.13. The third-order valence-corrected chi connectivity index (χ3v) is 4.15. The molecule has 3 aromatic rings. The number of rotatable bonds is 4. The summed E-state index contributed by atoms with van der Waals surface area (Å²) in [6.07, 6.45) is 3.65. The third-order valence-electron chi connectivity index (χ3n) is 4.15. The molecule has 0 radical (unpaired) electrons. The van der Waals surface area contributed by atoms with Gasteiger partial charge in [0, 0.05) is 5.56 Å². The maximum Gasteiger partial charge on any atom is 0.0627 e. The van der Waals surface area contributed by atoms with E-state index in [1.165, 1.54) is 0 Å². The van der Waals surface area contributed by atoms with Crippen LogP contribution in [-0.2, 0) is 0 Å². The minimum absolute atomic E-state index is 0.586. The lowest BCUT2D eigenvalue weighted by molar-refractivity contribution is 1.56. The number of nitrogens with two attached hydrogens (primary N) is 2. The summed E-state index contributed by atoms with van der Waals surface area (Å²) in [5, 5.41) is 0. The molecule has 2 heteroatoms. The number of nitrogen functional groups attached to an aromatic ring is 2. The van der Waals surface area contributed by atoms with Crippen LogP contribution in [0.25, 0.3) is 34.4 Å². The van der Waals surface area contributed by atoms with Crippen molar-refractivity contribution in [3.63, 3.8) is 0 Å². The van der Waals surface area contributed by atoms with Crippen molar-refractivity contribution in [1.82, 2.24) is 0 Å². The second-order valence-electron chi connectivity index (χ2n) is 5.68. The molecule has 24 heavy (non-hydrogen) atoms. The van der Waals surface area contributed by atoms with Crippen LogP contribution in [0.1, 0.15) is 11.1 Å². The molecule has 3 rings (SSSR count). The lowest BCUT2D eigenvalue weighted by atomic mass is 9.95. The van der Waals surface area contributed by atoms with Crippen LogP contribution in [0, 0.1) is 0 Å². The fraction of sp³-hybridized carbons (Fsp3) is 0. The molecule has 0 aliphatic heterocycles. The summed E-state index contributed by atoms with van der Waals surface area (Å²) in [7, 11) is 0. The maximum atomic E-state index is 6.22. The summed E-state index contributed by atoms with van der Waals surface area (Å²) in [5.41, 5.74) is 19.8. The average molecular weight is 312 g/mol. The molecule has 0 spiro atoms. The lowest BCUT2D eigenvalue weighted by Crippen LogP contribution is -1.98. The molecule has 0 heterocycles. The van der Waals surface area contributed by atoms with Crippen LogP contribution in [-0.4, -0.2) is 0 Å². The van der Waals surface area contributed by atoms with Crippen LogP contribution in [0.2, 0.25) is 0 Å². The standard InChI is InChI=1S/C22H20N2/c1-3-15-5-9-17(10-6-15)19-13-20(22(24)21(23)14-19)18-11-7-16(4-2)8-12-18/h3-14H,1-2,23-24H2. The van der Waals surface area contributed by atoms with Crippen molar-refractivity contribution in [2.75, 3.05) is 11.5 Å². The molecular weight excluding hydrogens is 292 g/mol. The third kappa shape index (κ3) is 2.95. The van der Waals surface area contributed by atoms with Crippen LogP contribution in [0.3, 0.4) is 0 Å². The minimum atomic E-state index is 0.586. The van der Waals surface area contributed by atoms with Gasteiger partial charge in [-0.15, -0.1) is 0 Å². The smallest absolute Gasteiger partial charge is 0.0627 e. The van der Waals surface area contributed by atoms with E-state index in [-0.39, 0.29) is 0 Å². The molecule has 118 valence electrons. The van der Waals surface area contributed by atoms with E-state index in [0.717, 1.165) is 33.4 Å². The Morgan fingerprint density at radius 2 is 1.12 bits per heavy atom. The topological polar surface area (TPSA) is 52.0 Å². The van der Waals surface area contributed by atoms with Gasteiger partial charge in [0.05, 0.1) is 11.4 Å². The zero-order chi connectivity index (χ0) is 17.1. The highest BCUT2D eigenvalue weighted by Gasteiger charge is 2.09. The predicted octanol–water partition coefficient (Wildman–Crippen LogP) is 5.47. The summed E-state index contributed by atoms with van der Waals surface area (Å²) in [4.78, 5) is 0. The molecule has 0 unspecified atom stereocenters. The van der Waals surface area contributed by atoms with Gasteiger partial charge in [0.25, 0.3) is 0 Å². The van der Waals surface area contributed by atoms with Crippen molar-refractivity contribution in [3.8, 4) is 22.3 Å². The fourth-order valence-corrected chi connectivity index (χ4v) is 2.69. The quantitative estimate of drug-likeness (QED) is 0.627. The van der Waals surface area contributed by atoms with Crippen LogP contribution < -0.4 is 11.5 Å². The predicted molar refractivity (Wildman–Crippen MR) is 106 cm³/mol. The Bertz CT molecular complexity index is 889. The van der Waals surface area contributed by atoms with Gasteiger partial charge in [-0.3, -0.25) is 0 Å². The molecule has 0 aliphatic rings. The molecule has 0 saturated carbocycles. The van der Waals surface area contributed by atoms with Gasteiger partial charge in [-0.2, -0.15) is 0 Å². The van der Waals surface area contributed by atoms with E-state index in [1.54, 1.807) is 0 Å². The van der Waals surface area contributed by atoms with Gasteiger partial charge < -0.3 is 11.5 Å². The molecule has 0 atom stereocenters. The molecule has 2 nitrogen and oxygen atoms in total. The fourth-order valence-electron chi connectivity index (χ4n) is 2.69. The van der Waals surface area contributed by atoms with Crippen molar-refractivity contribution in [1.29, 1.82) is 0 Å². The zero-order valence-corrected chi connectivity index (χ0v) is 13.5. The Morgan fingerprint density at radius 1 is 0.625 bits per heavy atom. The van der Waals surface area contributed by atoms with E-state index < -0.39 is 0 Å². The second-order valence-corrected chi connectivity index (χ2v) is 5.68. The van der Waals surface area contributed by atoms with Crippen LogP contribution >= 0.6 is 0 Å². The van der Waals surface area contributed by atoms with Gasteiger partial charge in [-0.25, -0.2) is 0 Å². The molecular formula is C22H20N2. The Morgan fingerprint density at radius 3 is 1.62 bits per heavy atom. The zero-order valence-electron chi connectivity index (χ0n) is 13.5. The normalized spacial score (nSPS) is 10.3. The molecule has 0 fully saturated rings. The second kappa shape index (κ2) is 6.47. The molecule has 3 aromatic carbocycles. The maximum absolute atomic E-state index is 6.22. The van der Waals surface area contributed by atoms with Crippen LogP contribution in [0.4, 0.5) is 11.4 Å². The molecule has 0 amide bonds. The highest BCUT2D eigenvalue weighted by Crippen LogP contribution is 2.35. The highest BCUT2D eigenvalue weighted by atomic mass is 14.7. The number of hydrogen-bond donors (Lipinski definition) is 2. The summed E-state index contributed by atoms with van der Waals surface area (Å²) < 4.78 is 0. The number of hydrogen-bond acceptors (Lipinski definition) is 2. The van der Waals surface area contributed by atoms with Gasteiger partial charge in [0.15, 0.2) is 0 Å². The minimum Gasteiger partial charge on any atom is -0.397 e. The Hall–Kier alpha value is -3.26. The van der Waals surface area contributed by atoms with E-state index in [2.05, 4.69) is 31.4 Å². The van der Waals surface area contributed by atoms with Crippen LogP contribution in [0.15, 0.2) is 73.8 Å². The van der Waals surface area contributed by atoms with E-state index in [9.17, 15) is 0 Å². The van der Waals surface area contributed by atoms with Crippen LogP contribution in [0.5, 0.6) is 0 Å². The van der Waals surface area contributed by atoms with Gasteiger partial charge in [0.1, 0.15) is 0 Å². The van der Waals surface area contributed by atoms with Gasteiger partial charge in [-0.1, -0.05) is 73.8 Å². The van der Waals surface area contributed by atoms with Crippen molar-refractivity contribution in [3.05, 3.63) is 84.9 Å². The molecule has 4 N–H and O–H groups in total. The molecule has 0 saturated heterocycles. The largest absolute Gasteiger partial charge is 0.397 e. The number of benzene rings is 3. The summed E-state index contributed by atoms with van der Waals surface area (Å²) >= 11 is 0. The van der Waals surface area contributed by atoms with Crippen molar-refractivity contribution in [2.45, 2.75) is 0 Å². The summed E-state index contributed by atoms with van der Waals surface area (Å²) in [6.45, 7) is 7.56. The first-order valence-electron chi connectivity index (χ1n) is 7.77. The molecule has 0 aromatic heterocycles. The molecule has 0 aliphatic carbocycles. The van der Waals surface area contributed by atoms with E-state index >= 15 is 0 Å². The first kappa shape index (κ1) is 15.6. The van der Waals surface area contributed by atoms with E-state index in [1.807, 2.05) is 54.6 Å². The number of anilines is 2. The van der Waals surface area contributed by atoms with Gasteiger partial charge in [-0.05, 0) is 39.9 Å². The first-order valence-corrected chi connectivity index (χ1v) is 7.77. The Kier molecular flexibility index (Phi) is 4.21. The summed E-state index contributed by atoms with van der Waals surface area (Å²) in [5.74, 6) is 0. The van der Waals surface area contributed by atoms with E-state index in [4.69, 9.17) is 11.5 Å². The van der Waals surface area contributed by atoms with Crippen molar-refractivity contribution in [2.24, 2.45) is 0 Å². The van der Waals surface area contributed by atoms with E-state index in [0.29, 0.717) is 11.4 Å². The highest BCUT2D eigenvalue weighted by molar-refractivity contribution is 5.89. The SMILES string of the molecule is C=Cc1ccc(-c2cc(N)c(N)c(-c3ccc(C=C)cc3)c2)cc1. The Labute approximate surface area is 142 Å². The van der Waals surface area contributed by atoms with Crippen molar-refractivity contribution >= 4 is 23.5 Å². The van der Waals surface area contributed by atoms with Gasteiger partial charge >= 0.3 is 0 Å². The summed E-state index contributed by atoms with van der Waals surface area (Å²) in [6, 6.07) is 20.3. The monoisotopic (exact) mass is 312 g/mol. The average Bonchev–Trinajstić information content (AvgIpc) is 2.64.